The van der Waals surface area contributed by atoms with Crippen LogP contribution in [0.3, 0.4) is 0 Å². The van der Waals surface area contributed by atoms with Crippen molar-refractivity contribution in [2.45, 2.75) is 19.0 Å². The van der Waals surface area contributed by atoms with Crippen molar-refractivity contribution in [3.63, 3.8) is 0 Å². The van der Waals surface area contributed by atoms with E-state index < -0.39 is 22.6 Å². The Labute approximate surface area is 110 Å². The van der Waals surface area contributed by atoms with E-state index in [9.17, 15) is 21.6 Å². The van der Waals surface area contributed by atoms with Crippen LogP contribution >= 0.6 is 0 Å². The van der Waals surface area contributed by atoms with E-state index >= 15 is 0 Å². The van der Waals surface area contributed by atoms with Crippen molar-refractivity contribution in [3.05, 3.63) is 0 Å². The fraction of sp³-hybridized carbons (Fsp3) is 1.00. The normalized spacial score (nSPS) is 29.1. The molecule has 0 saturated carbocycles. The summed E-state index contributed by atoms with van der Waals surface area (Å²) in [4.78, 5) is 0. The number of nitrogens with one attached hydrogen (secondary N) is 1. The van der Waals surface area contributed by atoms with Crippen LogP contribution in [0.15, 0.2) is 0 Å². The minimum Gasteiger partial charge on any atom is -0.372 e. The van der Waals surface area contributed by atoms with Gasteiger partial charge in [-0.25, -0.2) is 8.42 Å². The number of hydrogen-bond acceptors (Lipinski definition) is 4. The molecule has 0 aromatic heterocycles. The van der Waals surface area contributed by atoms with Crippen LogP contribution in [-0.2, 0) is 14.6 Å². The van der Waals surface area contributed by atoms with E-state index in [1.165, 1.54) is 0 Å². The van der Waals surface area contributed by atoms with Gasteiger partial charge in [-0.1, -0.05) is 0 Å². The summed E-state index contributed by atoms with van der Waals surface area (Å²) in [7, 11) is -2.96. The lowest BCUT2D eigenvalue weighted by atomic mass is 9.68. The molecule has 112 valence electrons. The van der Waals surface area contributed by atoms with Crippen LogP contribution in [-0.4, -0.2) is 52.4 Å². The number of ether oxygens (including phenoxy) is 1. The van der Waals surface area contributed by atoms with E-state index in [-0.39, 0.29) is 29.4 Å². The first-order valence-corrected chi connectivity index (χ1v) is 8.10. The van der Waals surface area contributed by atoms with Crippen molar-refractivity contribution in [2.24, 2.45) is 11.3 Å². The summed E-state index contributed by atoms with van der Waals surface area (Å²) >= 11 is 0. The van der Waals surface area contributed by atoms with E-state index in [4.69, 9.17) is 0 Å². The van der Waals surface area contributed by atoms with E-state index in [0.717, 1.165) is 0 Å². The van der Waals surface area contributed by atoms with Crippen molar-refractivity contribution < 1.29 is 26.3 Å². The van der Waals surface area contributed by atoms with Crippen LogP contribution in [0.4, 0.5) is 13.2 Å². The summed E-state index contributed by atoms with van der Waals surface area (Å²) in [5.74, 6) is 0.407. The quantitative estimate of drug-likeness (QED) is 0.769. The fourth-order valence-corrected chi connectivity index (χ4v) is 4.80. The Morgan fingerprint density at radius 1 is 1.32 bits per heavy atom. The van der Waals surface area contributed by atoms with Crippen molar-refractivity contribution in [1.82, 2.24) is 5.32 Å². The predicted octanol–water partition coefficient (Wildman–Crippen LogP) is 0.980. The highest BCUT2D eigenvalue weighted by atomic mass is 32.2. The highest BCUT2D eigenvalue weighted by Crippen LogP contribution is 2.42. The molecule has 2 aliphatic heterocycles. The Bertz CT molecular complexity index is 417. The van der Waals surface area contributed by atoms with Gasteiger partial charge in [0.05, 0.1) is 11.5 Å². The molecule has 2 aliphatic rings. The predicted molar refractivity (Wildman–Crippen MR) is 63.6 cm³/mol. The Morgan fingerprint density at radius 3 is 2.42 bits per heavy atom. The zero-order valence-corrected chi connectivity index (χ0v) is 11.3. The number of halogens is 3. The van der Waals surface area contributed by atoms with Gasteiger partial charge in [0, 0.05) is 25.1 Å². The van der Waals surface area contributed by atoms with Crippen molar-refractivity contribution >= 4 is 9.84 Å². The third kappa shape index (κ3) is 3.82. The molecule has 0 bridgehead atoms. The second-order valence-electron chi connectivity index (χ2n) is 5.48. The number of alkyl halides is 3. The first-order valence-electron chi connectivity index (χ1n) is 6.28. The van der Waals surface area contributed by atoms with Gasteiger partial charge in [0.1, 0.15) is 6.61 Å². The molecule has 8 heteroatoms. The Kier molecular flexibility index (Phi) is 4.13. The zero-order chi connectivity index (χ0) is 14.1. The topological polar surface area (TPSA) is 55.4 Å². The molecule has 0 amide bonds. The molecule has 0 aliphatic carbocycles. The van der Waals surface area contributed by atoms with Crippen LogP contribution in [0.5, 0.6) is 0 Å². The Hall–Kier alpha value is -0.340. The zero-order valence-electron chi connectivity index (χ0n) is 10.5. The third-order valence-corrected chi connectivity index (χ3v) is 5.83. The summed E-state index contributed by atoms with van der Waals surface area (Å²) in [6.07, 6.45) is -3.21. The summed E-state index contributed by atoms with van der Waals surface area (Å²) in [5, 5.41) is 3.09. The van der Waals surface area contributed by atoms with Crippen molar-refractivity contribution in [3.8, 4) is 0 Å². The van der Waals surface area contributed by atoms with E-state index in [2.05, 4.69) is 10.1 Å². The second kappa shape index (κ2) is 5.21. The summed E-state index contributed by atoms with van der Waals surface area (Å²) in [6.45, 7) is 0.127. The molecule has 2 fully saturated rings. The van der Waals surface area contributed by atoms with Crippen molar-refractivity contribution in [2.75, 3.05) is 37.8 Å². The first-order chi connectivity index (χ1) is 8.73. The van der Waals surface area contributed by atoms with E-state index in [0.29, 0.717) is 25.9 Å². The second-order valence-corrected chi connectivity index (χ2v) is 7.71. The molecule has 19 heavy (non-hydrogen) atoms. The van der Waals surface area contributed by atoms with Gasteiger partial charge in [-0.2, -0.15) is 13.2 Å². The molecule has 0 spiro atoms. The van der Waals surface area contributed by atoms with Gasteiger partial charge in [-0.15, -0.1) is 0 Å². The molecule has 1 atom stereocenters. The SMILES string of the molecule is O=S1(=O)CCC(C2(CCOCC(F)(F)F)CNC2)C1. The standard InChI is InChI=1S/C11H18F3NO3S/c12-11(13,14)8-18-3-2-10(6-15-7-10)9-1-4-19(16,17)5-9/h9,15H,1-8H2. The molecule has 4 nitrogen and oxygen atoms in total. The van der Waals surface area contributed by atoms with E-state index in [1.807, 2.05) is 0 Å². The van der Waals surface area contributed by atoms with Gasteiger partial charge < -0.3 is 10.1 Å². The molecular weight excluding hydrogens is 283 g/mol. The molecule has 2 heterocycles. The Morgan fingerprint density at radius 2 is 2.00 bits per heavy atom. The maximum absolute atomic E-state index is 12.0. The molecular formula is C11H18F3NO3S. The number of rotatable bonds is 5. The smallest absolute Gasteiger partial charge is 0.372 e. The number of sulfone groups is 1. The van der Waals surface area contributed by atoms with Crippen LogP contribution in [0.1, 0.15) is 12.8 Å². The average Bonchev–Trinajstić information content (AvgIpc) is 2.55. The molecule has 0 aromatic rings. The molecule has 2 rings (SSSR count). The van der Waals surface area contributed by atoms with Crippen LogP contribution in [0, 0.1) is 11.3 Å². The largest absolute Gasteiger partial charge is 0.411 e. The van der Waals surface area contributed by atoms with Gasteiger partial charge >= 0.3 is 6.18 Å². The molecule has 0 radical (unpaired) electrons. The van der Waals surface area contributed by atoms with Gasteiger partial charge in [0.25, 0.3) is 0 Å². The average molecular weight is 301 g/mol. The maximum atomic E-state index is 12.0. The summed E-state index contributed by atoms with van der Waals surface area (Å²) < 4.78 is 63.5. The minimum absolute atomic E-state index is 0.0255. The molecule has 1 unspecified atom stereocenters. The lowest BCUT2D eigenvalue weighted by Gasteiger charge is -2.47. The molecule has 1 N–H and O–H groups in total. The lowest BCUT2D eigenvalue weighted by Crippen LogP contribution is -2.58. The fourth-order valence-electron chi connectivity index (χ4n) is 2.86. The molecule has 2 saturated heterocycles. The van der Waals surface area contributed by atoms with Gasteiger partial charge in [-0.3, -0.25) is 0 Å². The Balaban J connectivity index is 1.83. The van der Waals surface area contributed by atoms with Crippen LogP contribution in [0.25, 0.3) is 0 Å². The van der Waals surface area contributed by atoms with Gasteiger partial charge in [0.15, 0.2) is 9.84 Å². The number of hydrogen-bond donors (Lipinski definition) is 1. The highest BCUT2D eigenvalue weighted by molar-refractivity contribution is 7.91. The monoisotopic (exact) mass is 301 g/mol. The lowest BCUT2D eigenvalue weighted by molar-refractivity contribution is -0.176. The first kappa shape index (κ1) is 15.1. The maximum Gasteiger partial charge on any atom is 0.411 e. The molecule has 0 aromatic carbocycles. The van der Waals surface area contributed by atoms with Gasteiger partial charge in [0.2, 0.25) is 0 Å². The van der Waals surface area contributed by atoms with Gasteiger partial charge in [-0.05, 0) is 18.8 Å². The third-order valence-electron chi connectivity index (χ3n) is 4.06. The van der Waals surface area contributed by atoms with Crippen molar-refractivity contribution in [1.29, 1.82) is 0 Å². The van der Waals surface area contributed by atoms with E-state index in [1.54, 1.807) is 0 Å². The summed E-state index contributed by atoms with van der Waals surface area (Å²) in [6, 6.07) is 0. The van der Waals surface area contributed by atoms with Crippen LogP contribution < -0.4 is 5.32 Å². The highest BCUT2D eigenvalue weighted by Gasteiger charge is 2.48. The summed E-state index contributed by atoms with van der Waals surface area (Å²) in [5.41, 5.74) is -0.199. The minimum atomic E-state index is -4.30. The van der Waals surface area contributed by atoms with Crippen LogP contribution in [0.2, 0.25) is 0 Å².